The van der Waals surface area contributed by atoms with Gasteiger partial charge in [0.25, 0.3) is 5.69 Å². The first-order valence-corrected chi connectivity index (χ1v) is 7.09. The molecule has 2 aromatic carbocycles. The molecule has 1 atom stereocenters. The Labute approximate surface area is 138 Å². The van der Waals surface area contributed by atoms with Crippen LogP contribution in [0.1, 0.15) is 22.7 Å². The van der Waals surface area contributed by atoms with Crippen LogP contribution in [0.15, 0.2) is 48.5 Å². The summed E-state index contributed by atoms with van der Waals surface area (Å²) in [4.78, 5) is 22.4. The van der Waals surface area contributed by atoms with E-state index in [1.54, 1.807) is 36.4 Å². The molecule has 0 saturated carbocycles. The summed E-state index contributed by atoms with van der Waals surface area (Å²) in [6, 6.07) is 14.0. The van der Waals surface area contributed by atoms with Crippen LogP contribution in [0.3, 0.4) is 0 Å². The second-order valence-electron chi connectivity index (χ2n) is 5.00. The highest BCUT2D eigenvalue weighted by Crippen LogP contribution is 2.18. The largest absolute Gasteiger partial charge is 0.468 e. The van der Waals surface area contributed by atoms with E-state index in [-0.39, 0.29) is 12.2 Å². The lowest BCUT2D eigenvalue weighted by atomic mass is 10.0. The van der Waals surface area contributed by atoms with Gasteiger partial charge in [-0.2, -0.15) is 5.26 Å². The lowest BCUT2D eigenvalue weighted by Gasteiger charge is -2.17. The Hall–Kier alpha value is -3.24. The SMILES string of the molecule is COC(=O)C(NCc1cccc([N+](=O)[O-])c1)c1cccc(C#N)c1. The summed E-state index contributed by atoms with van der Waals surface area (Å²) in [7, 11) is 1.28. The Morgan fingerprint density at radius 3 is 2.75 bits per heavy atom. The molecule has 2 aromatic rings. The highest BCUT2D eigenvalue weighted by atomic mass is 16.6. The number of methoxy groups -OCH3 is 1. The molecule has 0 bridgehead atoms. The summed E-state index contributed by atoms with van der Waals surface area (Å²) in [5.74, 6) is -0.504. The minimum atomic E-state index is -0.775. The Morgan fingerprint density at radius 1 is 1.33 bits per heavy atom. The molecule has 24 heavy (non-hydrogen) atoms. The van der Waals surface area contributed by atoms with E-state index in [2.05, 4.69) is 5.32 Å². The van der Waals surface area contributed by atoms with Gasteiger partial charge in [-0.15, -0.1) is 0 Å². The van der Waals surface area contributed by atoms with Crippen LogP contribution in [-0.2, 0) is 16.1 Å². The molecular weight excluding hydrogens is 310 g/mol. The average molecular weight is 325 g/mol. The lowest BCUT2D eigenvalue weighted by Crippen LogP contribution is -2.29. The van der Waals surface area contributed by atoms with Gasteiger partial charge in [0, 0.05) is 18.7 Å². The number of carbonyl (C=O) groups excluding carboxylic acids is 1. The zero-order valence-electron chi connectivity index (χ0n) is 12.9. The maximum Gasteiger partial charge on any atom is 0.327 e. The third-order valence-electron chi connectivity index (χ3n) is 3.42. The standard InChI is InChI=1S/C17H15N3O4/c1-24-17(21)16(14-6-2-4-12(8-14)10-18)19-11-13-5-3-7-15(9-13)20(22)23/h2-9,16,19H,11H2,1H3. The van der Waals surface area contributed by atoms with E-state index in [1.165, 1.54) is 19.2 Å². The van der Waals surface area contributed by atoms with E-state index < -0.39 is 16.9 Å². The first kappa shape index (κ1) is 17.1. The third-order valence-corrected chi connectivity index (χ3v) is 3.42. The van der Waals surface area contributed by atoms with E-state index in [4.69, 9.17) is 10.00 Å². The molecule has 0 aliphatic heterocycles. The van der Waals surface area contributed by atoms with E-state index in [0.717, 1.165) is 0 Å². The predicted molar refractivity (Wildman–Crippen MR) is 85.9 cm³/mol. The number of esters is 1. The van der Waals surface area contributed by atoms with Crippen LogP contribution in [0.25, 0.3) is 0 Å². The molecule has 0 saturated heterocycles. The molecule has 0 amide bonds. The van der Waals surface area contributed by atoms with Gasteiger partial charge < -0.3 is 4.74 Å². The fourth-order valence-corrected chi connectivity index (χ4v) is 2.24. The maximum absolute atomic E-state index is 12.0. The number of nitriles is 1. The third kappa shape index (κ3) is 4.15. The minimum Gasteiger partial charge on any atom is -0.468 e. The van der Waals surface area contributed by atoms with Gasteiger partial charge in [-0.1, -0.05) is 24.3 Å². The first-order valence-electron chi connectivity index (χ1n) is 7.09. The van der Waals surface area contributed by atoms with Crippen molar-refractivity contribution in [2.24, 2.45) is 0 Å². The van der Waals surface area contributed by atoms with Gasteiger partial charge in [0.1, 0.15) is 6.04 Å². The van der Waals surface area contributed by atoms with Crippen molar-refractivity contribution in [3.05, 3.63) is 75.3 Å². The molecule has 0 spiro atoms. The van der Waals surface area contributed by atoms with Gasteiger partial charge in [0.05, 0.1) is 23.7 Å². The maximum atomic E-state index is 12.0. The fourth-order valence-electron chi connectivity index (χ4n) is 2.24. The number of ether oxygens (including phenoxy) is 1. The highest BCUT2D eigenvalue weighted by molar-refractivity contribution is 5.77. The van der Waals surface area contributed by atoms with Crippen molar-refractivity contribution in [2.75, 3.05) is 7.11 Å². The quantitative estimate of drug-likeness (QED) is 0.497. The smallest absolute Gasteiger partial charge is 0.327 e. The highest BCUT2D eigenvalue weighted by Gasteiger charge is 2.21. The van der Waals surface area contributed by atoms with Crippen LogP contribution in [0.2, 0.25) is 0 Å². The van der Waals surface area contributed by atoms with Crippen LogP contribution < -0.4 is 5.32 Å². The molecule has 122 valence electrons. The van der Waals surface area contributed by atoms with Crippen LogP contribution in [0.5, 0.6) is 0 Å². The second-order valence-corrected chi connectivity index (χ2v) is 5.00. The van der Waals surface area contributed by atoms with Gasteiger partial charge in [0.15, 0.2) is 0 Å². The summed E-state index contributed by atoms with van der Waals surface area (Å²) >= 11 is 0. The Kier molecular flexibility index (Phi) is 5.60. The number of rotatable bonds is 6. The van der Waals surface area contributed by atoms with E-state index in [9.17, 15) is 14.9 Å². The van der Waals surface area contributed by atoms with Gasteiger partial charge in [0.2, 0.25) is 0 Å². The summed E-state index contributed by atoms with van der Waals surface area (Å²) in [6.07, 6.45) is 0. The first-order chi connectivity index (χ1) is 11.5. The molecular formula is C17H15N3O4. The number of nitro benzene ring substituents is 1. The number of nitro groups is 1. The topological polar surface area (TPSA) is 105 Å². The number of nitrogens with one attached hydrogen (secondary N) is 1. The fraction of sp³-hybridized carbons (Fsp3) is 0.176. The van der Waals surface area contributed by atoms with Gasteiger partial charge in [-0.3, -0.25) is 15.4 Å². The van der Waals surface area contributed by atoms with Crippen molar-refractivity contribution in [3.63, 3.8) is 0 Å². The zero-order valence-corrected chi connectivity index (χ0v) is 12.9. The van der Waals surface area contributed by atoms with E-state index in [1.807, 2.05) is 6.07 Å². The van der Waals surface area contributed by atoms with Crippen molar-refractivity contribution < 1.29 is 14.5 Å². The average Bonchev–Trinajstić information content (AvgIpc) is 2.62. The summed E-state index contributed by atoms with van der Waals surface area (Å²) in [5.41, 5.74) is 1.66. The Bertz CT molecular complexity index is 798. The van der Waals surface area contributed by atoms with Crippen LogP contribution in [0.4, 0.5) is 5.69 Å². The Balaban J connectivity index is 2.21. The minimum absolute atomic E-state index is 0.0182. The number of hydrogen-bond acceptors (Lipinski definition) is 6. The molecule has 0 heterocycles. The normalized spacial score (nSPS) is 11.3. The van der Waals surface area contributed by atoms with Crippen molar-refractivity contribution >= 4 is 11.7 Å². The number of benzene rings is 2. The number of carbonyl (C=O) groups is 1. The molecule has 7 heteroatoms. The summed E-state index contributed by atoms with van der Waals surface area (Å²) < 4.78 is 4.80. The lowest BCUT2D eigenvalue weighted by molar-refractivity contribution is -0.384. The van der Waals surface area contributed by atoms with E-state index >= 15 is 0 Å². The number of hydrogen-bond donors (Lipinski definition) is 1. The van der Waals surface area contributed by atoms with Crippen molar-refractivity contribution in [1.82, 2.24) is 5.32 Å². The molecule has 0 radical (unpaired) electrons. The predicted octanol–water partition coefficient (Wildman–Crippen LogP) is 2.47. The number of nitrogens with zero attached hydrogens (tertiary/aromatic N) is 2. The molecule has 0 aromatic heterocycles. The van der Waals surface area contributed by atoms with Crippen LogP contribution in [0, 0.1) is 21.4 Å². The van der Waals surface area contributed by atoms with Crippen molar-refractivity contribution in [2.45, 2.75) is 12.6 Å². The second kappa shape index (κ2) is 7.85. The summed E-state index contributed by atoms with van der Waals surface area (Å²) in [5, 5.41) is 22.8. The molecule has 0 aliphatic rings. The van der Waals surface area contributed by atoms with Gasteiger partial charge >= 0.3 is 5.97 Å². The molecule has 0 aliphatic carbocycles. The molecule has 7 nitrogen and oxygen atoms in total. The van der Waals surface area contributed by atoms with Crippen LogP contribution >= 0.6 is 0 Å². The van der Waals surface area contributed by atoms with Gasteiger partial charge in [-0.25, -0.2) is 4.79 Å². The molecule has 0 fully saturated rings. The monoisotopic (exact) mass is 325 g/mol. The van der Waals surface area contributed by atoms with E-state index in [0.29, 0.717) is 16.7 Å². The van der Waals surface area contributed by atoms with Crippen molar-refractivity contribution in [1.29, 1.82) is 5.26 Å². The number of non-ortho nitro benzene ring substituents is 1. The molecule has 1 unspecified atom stereocenters. The summed E-state index contributed by atoms with van der Waals surface area (Å²) in [6.45, 7) is 0.234. The van der Waals surface area contributed by atoms with Gasteiger partial charge in [-0.05, 0) is 23.3 Å². The molecule has 1 N–H and O–H groups in total. The zero-order chi connectivity index (χ0) is 17.5. The Morgan fingerprint density at radius 2 is 2.08 bits per heavy atom. The van der Waals surface area contributed by atoms with Crippen LogP contribution in [-0.4, -0.2) is 18.0 Å². The molecule has 2 rings (SSSR count). The van der Waals surface area contributed by atoms with Crippen molar-refractivity contribution in [3.8, 4) is 6.07 Å².